The molecule has 0 aliphatic rings. The lowest BCUT2D eigenvalue weighted by Crippen LogP contribution is -1.87. The summed E-state index contributed by atoms with van der Waals surface area (Å²) in [5, 5.41) is 0. The van der Waals surface area contributed by atoms with Crippen molar-refractivity contribution in [3.05, 3.63) is 0 Å². The minimum absolute atomic E-state index is 0. The third-order valence-corrected chi connectivity index (χ3v) is 1.44. The Hall–Kier alpha value is 0.375. The molecular formula is C4H14BO3P. The molecule has 0 rings (SSSR count). The van der Waals surface area contributed by atoms with E-state index in [1.807, 2.05) is 13.8 Å². The lowest BCUT2D eigenvalue weighted by molar-refractivity contribution is 0.216. The second-order valence-electron chi connectivity index (χ2n) is 1.07. The highest BCUT2D eigenvalue weighted by Crippen LogP contribution is 2.31. The van der Waals surface area contributed by atoms with Crippen molar-refractivity contribution < 1.29 is 13.9 Å². The van der Waals surface area contributed by atoms with E-state index in [0.717, 1.165) is 0 Å². The maximum atomic E-state index is 8.67. The monoisotopic (exact) mass is 152 g/mol. The number of hydrogen-bond acceptors (Lipinski definition) is 3. The quantitative estimate of drug-likeness (QED) is 0.458. The van der Waals surface area contributed by atoms with Gasteiger partial charge in [0.1, 0.15) is 0 Å². The van der Waals surface area contributed by atoms with Crippen LogP contribution in [0.3, 0.4) is 0 Å². The van der Waals surface area contributed by atoms with Crippen molar-refractivity contribution in [2.45, 2.75) is 13.8 Å². The van der Waals surface area contributed by atoms with Crippen molar-refractivity contribution in [2.75, 3.05) is 13.2 Å². The summed E-state index contributed by atoms with van der Waals surface area (Å²) in [4.78, 5) is 8.67. The molecule has 1 N–H and O–H groups in total. The van der Waals surface area contributed by atoms with Crippen molar-refractivity contribution in [1.82, 2.24) is 0 Å². The van der Waals surface area contributed by atoms with Gasteiger partial charge in [0.25, 0.3) is 0 Å². The molecule has 0 aliphatic carbocycles. The summed E-state index contributed by atoms with van der Waals surface area (Å²) in [5.41, 5.74) is 0. The second kappa shape index (κ2) is 8.37. The average molecular weight is 152 g/mol. The Labute approximate surface area is 58.9 Å². The molecule has 0 bridgehead atoms. The van der Waals surface area contributed by atoms with Crippen LogP contribution >= 0.6 is 8.60 Å². The Balaban J connectivity index is 0. The molecule has 0 fully saturated rings. The van der Waals surface area contributed by atoms with Crippen LogP contribution in [0, 0.1) is 0 Å². The van der Waals surface area contributed by atoms with Crippen LogP contribution in [0.4, 0.5) is 0 Å². The van der Waals surface area contributed by atoms with E-state index in [1.165, 1.54) is 0 Å². The van der Waals surface area contributed by atoms with Gasteiger partial charge in [-0.25, -0.2) is 0 Å². The minimum atomic E-state index is -1.58. The van der Waals surface area contributed by atoms with Crippen LogP contribution in [0.5, 0.6) is 0 Å². The fourth-order valence-electron chi connectivity index (χ4n) is 0.258. The average Bonchev–Trinajstić information content (AvgIpc) is 1.68. The summed E-state index contributed by atoms with van der Waals surface area (Å²) in [5.74, 6) is 0. The van der Waals surface area contributed by atoms with Crippen LogP contribution in [-0.4, -0.2) is 26.5 Å². The maximum absolute atomic E-state index is 8.67. The van der Waals surface area contributed by atoms with E-state index >= 15 is 0 Å². The zero-order valence-electron chi connectivity index (χ0n) is 5.13. The van der Waals surface area contributed by atoms with Crippen molar-refractivity contribution >= 4 is 17.0 Å². The second-order valence-corrected chi connectivity index (χ2v) is 2.07. The van der Waals surface area contributed by atoms with Crippen molar-refractivity contribution in [2.24, 2.45) is 0 Å². The van der Waals surface area contributed by atoms with Crippen LogP contribution in [0.1, 0.15) is 13.8 Å². The molecule has 0 atom stereocenters. The molecule has 9 heavy (non-hydrogen) atoms. The predicted octanol–water partition coefficient (Wildman–Crippen LogP) is 0.0947. The van der Waals surface area contributed by atoms with Gasteiger partial charge in [-0.15, -0.1) is 0 Å². The van der Waals surface area contributed by atoms with Gasteiger partial charge in [-0.1, -0.05) is 0 Å². The molecule has 5 heteroatoms. The predicted molar refractivity (Wildman–Crippen MR) is 42.3 cm³/mol. The lowest BCUT2D eigenvalue weighted by Gasteiger charge is -2.05. The lowest BCUT2D eigenvalue weighted by atomic mass is 10.8. The topological polar surface area (TPSA) is 38.7 Å². The normalized spacial score (nSPS) is 9.33. The highest BCUT2D eigenvalue weighted by atomic mass is 31.2. The van der Waals surface area contributed by atoms with E-state index < -0.39 is 8.60 Å². The van der Waals surface area contributed by atoms with Crippen LogP contribution in [0.2, 0.25) is 0 Å². The zero-order valence-corrected chi connectivity index (χ0v) is 6.02. The van der Waals surface area contributed by atoms with Crippen molar-refractivity contribution in [3.63, 3.8) is 0 Å². The van der Waals surface area contributed by atoms with Crippen LogP contribution in [0.25, 0.3) is 0 Å². The van der Waals surface area contributed by atoms with E-state index in [0.29, 0.717) is 13.2 Å². The first-order chi connectivity index (χ1) is 3.81. The third kappa shape index (κ3) is 8.37. The molecule has 0 saturated heterocycles. The highest BCUT2D eigenvalue weighted by molar-refractivity contribution is 7.40. The maximum Gasteiger partial charge on any atom is 0.329 e. The van der Waals surface area contributed by atoms with Crippen LogP contribution in [-0.2, 0) is 9.05 Å². The first-order valence-electron chi connectivity index (χ1n) is 2.56. The number of rotatable bonds is 4. The SMILES string of the molecule is B.CCOP(O)OCC. The Morgan fingerprint density at radius 3 is 1.78 bits per heavy atom. The zero-order chi connectivity index (χ0) is 6.41. The van der Waals surface area contributed by atoms with Gasteiger partial charge in [-0.2, -0.15) is 0 Å². The van der Waals surface area contributed by atoms with E-state index in [9.17, 15) is 0 Å². The molecule has 56 valence electrons. The summed E-state index contributed by atoms with van der Waals surface area (Å²) in [6, 6.07) is 0. The first-order valence-corrected chi connectivity index (χ1v) is 3.69. The Morgan fingerprint density at radius 2 is 1.56 bits per heavy atom. The molecule has 0 amide bonds. The van der Waals surface area contributed by atoms with Gasteiger partial charge in [0.15, 0.2) is 0 Å². The van der Waals surface area contributed by atoms with Gasteiger partial charge in [0.2, 0.25) is 0 Å². The number of hydrogen-bond donors (Lipinski definition) is 1. The van der Waals surface area contributed by atoms with Crippen molar-refractivity contribution in [1.29, 1.82) is 0 Å². The molecule has 0 radical (unpaired) electrons. The van der Waals surface area contributed by atoms with Gasteiger partial charge in [0.05, 0.1) is 21.6 Å². The molecular weight excluding hydrogens is 138 g/mol. The molecule has 0 aromatic heterocycles. The third-order valence-electron chi connectivity index (χ3n) is 0.479. The van der Waals surface area contributed by atoms with E-state index in [-0.39, 0.29) is 8.41 Å². The van der Waals surface area contributed by atoms with Gasteiger partial charge in [0, 0.05) is 0 Å². The fourth-order valence-corrected chi connectivity index (χ4v) is 0.774. The first kappa shape index (κ1) is 12.1. The molecule has 0 unspecified atom stereocenters. The standard InChI is InChI=1S/C4H11O3P.BH3/c1-3-6-8(5)7-4-2;/h5H,3-4H2,1-2H3;1H3. The fraction of sp³-hybridized carbons (Fsp3) is 1.00. The van der Waals surface area contributed by atoms with Gasteiger partial charge < -0.3 is 13.9 Å². The van der Waals surface area contributed by atoms with Crippen LogP contribution < -0.4 is 0 Å². The van der Waals surface area contributed by atoms with Gasteiger partial charge >= 0.3 is 8.60 Å². The highest BCUT2D eigenvalue weighted by Gasteiger charge is 2.00. The molecule has 0 saturated carbocycles. The molecule has 3 nitrogen and oxygen atoms in total. The van der Waals surface area contributed by atoms with E-state index in [2.05, 4.69) is 9.05 Å². The summed E-state index contributed by atoms with van der Waals surface area (Å²) < 4.78 is 9.36. The molecule has 0 heterocycles. The summed E-state index contributed by atoms with van der Waals surface area (Å²) in [6.45, 7) is 4.62. The summed E-state index contributed by atoms with van der Waals surface area (Å²) in [7, 11) is -1.58. The summed E-state index contributed by atoms with van der Waals surface area (Å²) in [6.07, 6.45) is 0. The van der Waals surface area contributed by atoms with Gasteiger partial charge in [-0.3, -0.25) is 0 Å². The van der Waals surface area contributed by atoms with E-state index in [1.54, 1.807) is 0 Å². The molecule has 0 spiro atoms. The Kier molecular flexibility index (Phi) is 11.3. The van der Waals surface area contributed by atoms with E-state index in [4.69, 9.17) is 4.89 Å². The van der Waals surface area contributed by atoms with Crippen molar-refractivity contribution in [3.8, 4) is 0 Å². The molecule has 0 aliphatic heterocycles. The Bertz CT molecular complexity index is 49.1. The van der Waals surface area contributed by atoms with Crippen LogP contribution in [0.15, 0.2) is 0 Å². The summed E-state index contributed by atoms with van der Waals surface area (Å²) >= 11 is 0. The van der Waals surface area contributed by atoms with Gasteiger partial charge in [-0.05, 0) is 13.8 Å². The molecule has 0 aromatic rings. The molecule has 0 aromatic carbocycles. The smallest absolute Gasteiger partial charge is 0.328 e. The largest absolute Gasteiger partial charge is 0.329 e. The Morgan fingerprint density at radius 1 is 1.22 bits per heavy atom. The minimum Gasteiger partial charge on any atom is -0.328 e.